The number of hydrogen-bond donors (Lipinski definition) is 0. The highest BCUT2D eigenvalue weighted by Gasteiger charge is 2.42. The number of hydrogen-bond acceptors (Lipinski definition) is 4. The van der Waals surface area contributed by atoms with Crippen LogP contribution in [0.3, 0.4) is 0 Å². The van der Waals surface area contributed by atoms with Gasteiger partial charge in [-0.15, -0.1) is 0 Å². The van der Waals surface area contributed by atoms with E-state index in [2.05, 4.69) is 5.10 Å². The van der Waals surface area contributed by atoms with Gasteiger partial charge >= 0.3 is 6.18 Å². The fourth-order valence-corrected chi connectivity index (χ4v) is 3.64. The van der Waals surface area contributed by atoms with E-state index in [4.69, 9.17) is 4.74 Å². The zero-order chi connectivity index (χ0) is 19.4. The van der Waals surface area contributed by atoms with Crippen LogP contribution < -0.4 is 4.74 Å². The van der Waals surface area contributed by atoms with Crippen LogP contribution >= 0.6 is 0 Å². The van der Waals surface area contributed by atoms with Gasteiger partial charge in [0, 0.05) is 11.8 Å². The predicted octanol–water partition coefficient (Wildman–Crippen LogP) is 3.85. The zero-order valence-corrected chi connectivity index (χ0v) is 14.8. The van der Waals surface area contributed by atoms with Crippen LogP contribution in [0.4, 0.5) is 13.2 Å². The molecular weight excluding hydrogens is 381 g/mol. The summed E-state index contributed by atoms with van der Waals surface area (Å²) in [5.74, 6) is -0.326. The van der Waals surface area contributed by atoms with Gasteiger partial charge in [0.05, 0.1) is 10.6 Å². The van der Waals surface area contributed by atoms with Crippen LogP contribution in [0.5, 0.6) is 5.75 Å². The van der Waals surface area contributed by atoms with Crippen molar-refractivity contribution in [3.8, 4) is 22.7 Å². The SMILES string of the molecule is CS(=O)(=O)c1ccc(-n2nc(C(F)(F)F)c3c2-c2ccccc2CO3)cc1. The Kier molecular flexibility index (Phi) is 3.81. The highest BCUT2D eigenvalue weighted by molar-refractivity contribution is 7.90. The van der Waals surface area contributed by atoms with E-state index in [-0.39, 0.29) is 22.9 Å². The van der Waals surface area contributed by atoms with Gasteiger partial charge in [-0.1, -0.05) is 24.3 Å². The van der Waals surface area contributed by atoms with Crippen LogP contribution in [-0.4, -0.2) is 24.5 Å². The molecule has 1 aliphatic rings. The maximum atomic E-state index is 13.5. The highest BCUT2D eigenvalue weighted by atomic mass is 32.2. The second kappa shape index (κ2) is 5.85. The van der Waals surface area contributed by atoms with E-state index in [9.17, 15) is 21.6 Å². The van der Waals surface area contributed by atoms with Crippen molar-refractivity contribution in [2.75, 3.05) is 6.26 Å². The molecule has 0 spiro atoms. The Bertz CT molecular complexity index is 1130. The van der Waals surface area contributed by atoms with Crippen LogP contribution in [-0.2, 0) is 22.6 Å². The Labute approximate surface area is 152 Å². The van der Waals surface area contributed by atoms with E-state index >= 15 is 0 Å². The number of ether oxygens (including phenoxy) is 1. The Morgan fingerprint density at radius 1 is 1.07 bits per heavy atom. The van der Waals surface area contributed by atoms with Crippen molar-refractivity contribution in [3.63, 3.8) is 0 Å². The first-order valence-corrected chi connectivity index (χ1v) is 9.77. The number of benzene rings is 2. The summed E-state index contributed by atoms with van der Waals surface area (Å²) in [5, 5.41) is 3.74. The molecule has 0 aliphatic carbocycles. The smallest absolute Gasteiger partial charge is 0.438 e. The molecule has 1 aliphatic heterocycles. The molecule has 0 amide bonds. The summed E-state index contributed by atoms with van der Waals surface area (Å²) in [5.41, 5.74) is 0.714. The zero-order valence-electron chi connectivity index (χ0n) is 14.0. The number of alkyl halides is 3. The molecule has 1 aromatic heterocycles. The minimum Gasteiger partial charge on any atom is -0.484 e. The molecule has 2 aromatic carbocycles. The molecule has 5 nitrogen and oxygen atoms in total. The van der Waals surface area contributed by atoms with Crippen LogP contribution in [0.1, 0.15) is 11.3 Å². The average Bonchev–Trinajstić information content (AvgIpc) is 3.01. The normalized spacial score (nSPS) is 13.6. The summed E-state index contributed by atoms with van der Waals surface area (Å²) in [6.45, 7) is 0.0188. The summed E-state index contributed by atoms with van der Waals surface area (Å²) in [6, 6.07) is 12.5. The van der Waals surface area contributed by atoms with Gasteiger partial charge in [0.1, 0.15) is 12.3 Å². The highest BCUT2D eigenvalue weighted by Crippen LogP contribution is 2.46. The number of nitrogens with zero attached hydrogens (tertiary/aromatic N) is 2. The van der Waals surface area contributed by atoms with Crippen molar-refractivity contribution in [3.05, 3.63) is 59.8 Å². The van der Waals surface area contributed by atoms with Gasteiger partial charge in [-0.2, -0.15) is 18.3 Å². The van der Waals surface area contributed by atoms with Gasteiger partial charge in [0.25, 0.3) is 0 Å². The molecule has 4 rings (SSSR count). The molecule has 0 atom stereocenters. The number of sulfone groups is 1. The summed E-state index contributed by atoms with van der Waals surface area (Å²) in [6.07, 6.45) is -3.63. The van der Waals surface area contributed by atoms with Crippen LogP contribution in [0.15, 0.2) is 53.4 Å². The van der Waals surface area contributed by atoms with E-state index in [1.165, 1.54) is 24.3 Å². The third kappa shape index (κ3) is 2.97. The topological polar surface area (TPSA) is 61.2 Å². The Balaban J connectivity index is 1.96. The van der Waals surface area contributed by atoms with Crippen LogP contribution in [0.2, 0.25) is 0 Å². The molecule has 140 valence electrons. The van der Waals surface area contributed by atoms with Crippen molar-refractivity contribution in [2.45, 2.75) is 17.7 Å². The van der Waals surface area contributed by atoms with E-state index in [0.29, 0.717) is 11.3 Å². The van der Waals surface area contributed by atoms with Gasteiger partial charge in [-0.25, -0.2) is 13.1 Å². The molecule has 9 heteroatoms. The van der Waals surface area contributed by atoms with E-state index in [0.717, 1.165) is 16.5 Å². The number of halogens is 3. The van der Waals surface area contributed by atoms with Gasteiger partial charge in [-0.3, -0.25) is 0 Å². The molecule has 0 saturated heterocycles. The Hall–Kier alpha value is -2.81. The van der Waals surface area contributed by atoms with E-state index in [1.54, 1.807) is 24.3 Å². The molecule has 27 heavy (non-hydrogen) atoms. The molecule has 0 saturated carbocycles. The fraction of sp³-hybridized carbons (Fsp3) is 0.167. The lowest BCUT2D eigenvalue weighted by molar-refractivity contribution is -0.142. The molecule has 3 aromatic rings. The molecule has 0 fully saturated rings. The quantitative estimate of drug-likeness (QED) is 0.662. The minimum atomic E-state index is -4.69. The Morgan fingerprint density at radius 3 is 2.37 bits per heavy atom. The first-order valence-electron chi connectivity index (χ1n) is 7.88. The Morgan fingerprint density at radius 2 is 1.74 bits per heavy atom. The molecule has 0 bridgehead atoms. The lowest BCUT2D eigenvalue weighted by atomic mass is 10.0. The summed E-state index contributed by atoms with van der Waals surface area (Å²) in [7, 11) is -3.42. The molecular formula is C18H13F3N2O3S. The number of fused-ring (bicyclic) bond motifs is 3. The van der Waals surface area contributed by atoms with Crippen LogP contribution in [0.25, 0.3) is 16.9 Å². The summed E-state index contributed by atoms with van der Waals surface area (Å²) >= 11 is 0. The monoisotopic (exact) mass is 394 g/mol. The van der Waals surface area contributed by atoms with Crippen molar-refractivity contribution < 1.29 is 26.3 Å². The average molecular weight is 394 g/mol. The third-order valence-electron chi connectivity index (χ3n) is 4.26. The van der Waals surface area contributed by atoms with E-state index < -0.39 is 21.7 Å². The number of aromatic nitrogens is 2. The largest absolute Gasteiger partial charge is 0.484 e. The fourth-order valence-electron chi connectivity index (χ4n) is 3.01. The van der Waals surface area contributed by atoms with Crippen molar-refractivity contribution in [1.82, 2.24) is 9.78 Å². The number of rotatable bonds is 2. The lowest BCUT2D eigenvalue weighted by Crippen LogP contribution is -2.11. The maximum absolute atomic E-state index is 13.5. The van der Waals surface area contributed by atoms with Gasteiger partial charge in [0.2, 0.25) is 5.69 Å². The van der Waals surface area contributed by atoms with Crippen LogP contribution in [0, 0.1) is 0 Å². The maximum Gasteiger partial charge on any atom is 0.438 e. The summed E-state index contributed by atoms with van der Waals surface area (Å²) in [4.78, 5) is 0.0694. The van der Waals surface area contributed by atoms with Gasteiger partial charge in [0.15, 0.2) is 15.6 Å². The van der Waals surface area contributed by atoms with Crippen molar-refractivity contribution in [1.29, 1.82) is 0 Å². The molecule has 0 N–H and O–H groups in total. The lowest BCUT2D eigenvalue weighted by Gasteiger charge is -2.19. The van der Waals surface area contributed by atoms with Crippen molar-refractivity contribution >= 4 is 9.84 Å². The van der Waals surface area contributed by atoms with Gasteiger partial charge in [-0.05, 0) is 29.8 Å². The standard InChI is InChI=1S/C18H13F3N2O3S/c1-27(24,25)13-8-6-12(7-9-13)23-15-14-5-3-2-4-11(14)10-26-16(15)17(22-23)18(19,20)21/h2-9H,10H2,1H3. The second-order valence-electron chi connectivity index (χ2n) is 6.15. The van der Waals surface area contributed by atoms with Gasteiger partial charge < -0.3 is 4.74 Å². The van der Waals surface area contributed by atoms with Crippen molar-refractivity contribution in [2.24, 2.45) is 0 Å². The molecule has 0 radical (unpaired) electrons. The predicted molar refractivity (Wildman–Crippen MR) is 91.4 cm³/mol. The molecule has 2 heterocycles. The van der Waals surface area contributed by atoms with E-state index in [1.807, 2.05) is 0 Å². The first-order chi connectivity index (χ1) is 12.7. The summed E-state index contributed by atoms with van der Waals surface area (Å²) < 4.78 is 70.2. The first kappa shape index (κ1) is 17.6. The molecule has 0 unspecified atom stereocenters. The minimum absolute atomic E-state index is 0.0188. The third-order valence-corrected chi connectivity index (χ3v) is 5.39. The second-order valence-corrected chi connectivity index (χ2v) is 8.16.